The predicted molar refractivity (Wildman–Crippen MR) is 91.4 cm³/mol. The lowest BCUT2D eigenvalue weighted by molar-refractivity contribution is 0.195. The van der Waals surface area contributed by atoms with Crippen LogP contribution in [-0.2, 0) is 13.0 Å². The molecule has 0 atom stereocenters. The largest absolute Gasteiger partial charge is 0.334 e. The number of nitrogens with zero attached hydrogens (tertiary/aromatic N) is 1. The molecule has 0 spiro atoms. The monoisotopic (exact) mass is 334 g/mol. The van der Waals surface area contributed by atoms with Gasteiger partial charge in [-0.05, 0) is 48.4 Å². The van der Waals surface area contributed by atoms with Crippen LogP contribution in [0.1, 0.15) is 23.3 Å². The number of halogens is 1. The van der Waals surface area contributed by atoms with Crippen LogP contribution in [0.5, 0.6) is 0 Å². The summed E-state index contributed by atoms with van der Waals surface area (Å²) in [5.41, 5.74) is 1.06. The van der Waals surface area contributed by atoms with Gasteiger partial charge in [0.15, 0.2) is 0 Å². The fourth-order valence-electron chi connectivity index (χ4n) is 2.40. The molecule has 1 heterocycles. The Bertz CT molecular complexity index is 608. The molecule has 1 aliphatic rings. The Kier molecular flexibility index (Phi) is 5.01. The van der Waals surface area contributed by atoms with Crippen molar-refractivity contribution in [3.05, 3.63) is 57.2 Å². The second kappa shape index (κ2) is 7.16. The van der Waals surface area contributed by atoms with Gasteiger partial charge in [0, 0.05) is 29.0 Å². The number of carbonyl (C=O) groups is 1. The molecule has 1 N–H and O–H groups in total. The first-order valence-corrected chi connectivity index (χ1v) is 8.79. The quantitative estimate of drug-likeness (QED) is 0.838. The van der Waals surface area contributed by atoms with Crippen LogP contribution in [0.2, 0.25) is 5.02 Å². The number of amides is 2. The van der Waals surface area contributed by atoms with E-state index in [2.05, 4.69) is 22.8 Å². The van der Waals surface area contributed by atoms with Crippen molar-refractivity contribution in [2.75, 3.05) is 6.54 Å². The maximum Gasteiger partial charge on any atom is 0.317 e. The Balaban J connectivity index is 1.52. The number of urea groups is 1. The summed E-state index contributed by atoms with van der Waals surface area (Å²) in [4.78, 5) is 15.7. The van der Waals surface area contributed by atoms with Crippen LogP contribution in [0.3, 0.4) is 0 Å². The Morgan fingerprint density at radius 3 is 2.68 bits per heavy atom. The van der Waals surface area contributed by atoms with Crippen molar-refractivity contribution in [1.82, 2.24) is 10.2 Å². The summed E-state index contributed by atoms with van der Waals surface area (Å²) in [5, 5.41) is 5.81. The van der Waals surface area contributed by atoms with Crippen molar-refractivity contribution in [1.29, 1.82) is 0 Å². The van der Waals surface area contributed by atoms with Gasteiger partial charge in [0.2, 0.25) is 0 Å². The Morgan fingerprint density at radius 1 is 1.27 bits per heavy atom. The Hall–Kier alpha value is -1.52. The lowest BCUT2D eigenvalue weighted by Gasteiger charge is -2.22. The van der Waals surface area contributed by atoms with Crippen molar-refractivity contribution >= 4 is 29.0 Å². The molecule has 2 amide bonds. The van der Waals surface area contributed by atoms with E-state index in [-0.39, 0.29) is 6.03 Å². The molecule has 0 saturated heterocycles. The lowest BCUT2D eigenvalue weighted by Crippen LogP contribution is -2.42. The molecule has 0 aliphatic heterocycles. The zero-order valence-electron chi connectivity index (χ0n) is 12.3. The topological polar surface area (TPSA) is 32.3 Å². The normalized spacial score (nSPS) is 13.9. The van der Waals surface area contributed by atoms with Gasteiger partial charge in [-0.15, -0.1) is 11.3 Å². The van der Waals surface area contributed by atoms with Gasteiger partial charge in [0.25, 0.3) is 0 Å². The lowest BCUT2D eigenvalue weighted by atomic mass is 10.2. The molecule has 1 fully saturated rings. The Morgan fingerprint density at radius 2 is 2.05 bits per heavy atom. The second-order valence-electron chi connectivity index (χ2n) is 5.54. The standard InChI is InChI=1S/C17H19ClN2OS/c18-14-5-3-13(4-6-14)12-19-17(21)20(15-7-8-15)10-9-16-2-1-11-22-16/h1-6,11,15H,7-10,12H2,(H,19,21). The van der Waals surface area contributed by atoms with Crippen molar-refractivity contribution in [2.45, 2.75) is 31.8 Å². The molecule has 22 heavy (non-hydrogen) atoms. The van der Waals surface area contributed by atoms with Gasteiger partial charge >= 0.3 is 6.03 Å². The van der Waals surface area contributed by atoms with Crippen LogP contribution in [0.4, 0.5) is 4.79 Å². The zero-order chi connectivity index (χ0) is 15.4. The minimum Gasteiger partial charge on any atom is -0.334 e. The summed E-state index contributed by atoms with van der Waals surface area (Å²) in [6, 6.07) is 12.2. The first-order chi connectivity index (χ1) is 10.7. The van der Waals surface area contributed by atoms with E-state index in [0.29, 0.717) is 17.6 Å². The van der Waals surface area contributed by atoms with E-state index < -0.39 is 0 Å². The van der Waals surface area contributed by atoms with Gasteiger partial charge in [-0.2, -0.15) is 0 Å². The maximum atomic E-state index is 12.4. The first kappa shape index (κ1) is 15.4. The highest BCUT2D eigenvalue weighted by molar-refractivity contribution is 7.09. The number of rotatable bonds is 6. The van der Waals surface area contributed by atoms with Crippen molar-refractivity contribution in [2.24, 2.45) is 0 Å². The van der Waals surface area contributed by atoms with Gasteiger partial charge in [0.05, 0.1) is 0 Å². The minimum atomic E-state index is 0.0361. The maximum absolute atomic E-state index is 12.4. The fourth-order valence-corrected chi connectivity index (χ4v) is 3.23. The molecule has 5 heteroatoms. The van der Waals surface area contributed by atoms with E-state index in [1.165, 1.54) is 4.88 Å². The molecule has 116 valence electrons. The summed E-state index contributed by atoms with van der Waals surface area (Å²) < 4.78 is 0. The Labute approximate surface area is 139 Å². The molecule has 3 rings (SSSR count). The smallest absolute Gasteiger partial charge is 0.317 e. The van der Waals surface area contributed by atoms with E-state index in [0.717, 1.165) is 31.4 Å². The van der Waals surface area contributed by atoms with Crippen molar-refractivity contribution < 1.29 is 4.79 Å². The predicted octanol–water partition coefficient (Wildman–Crippen LogP) is 4.32. The van der Waals surface area contributed by atoms with Gasteiger partial charge in [-0.1, -0.05) is 29.8 Å². The molecule has 0 bridgehead atoms. The number of thiophene rings is 1. The van der Waals surface area contributed by atoms with Crippen molar-refractivity contribution in [3.63, 3.8) is 0 Å². The average molecular weight is 335 g/mol. The van der Waals surface area contributed by atoms with Gasteiger partial charge < -0.3 is 10.2 Å². The second-order valence-corrected chi connectivity index (χ2v) is 7.01. The van der Waals surface area contributed by atoms with Crippen LogP contribution in [0.25, 0.3) is 0 Å². The van der Waals surface area contributed by atoms with Crippen LogP contribution >= 0.6 is 22.9 Å². The molecule has 0 radical (unpaired) electrons. The summed E-state index contributed by atoms with van der Waals surface area (Å²) in [6.07, 6.45) is 3.18. The van der Waals surface area contributed by atoms with Crippen molar-refractivity contribution in [3.8, 4) is 0 Å². The first-order valence-electron chi connectivity index (χ1n) is 7.53. The summed E-state index contributed by atoms with van der Waals surface area (Å²) in [6.45, 7) is 1.33. The highest BCUT2D eigenvalue weighted by atomic mass is 35.5. The zero-order valence-corrected chi connectivity index (χ0v) is 13.9. The molecule has 1 saturated carbocycles. The summed E-state index contributed by atoms with van der Waals surface area (Å²) >= 11 is 7.62. The van der Waals surface area contributed by atoms with Gasteiger partial charge in [-0.3, -0.25) is 0 Å². The molecular weight excluding hydrogens is 316 g/mol. The highest BCUT2D eigenvalue weighted by Crippen LogP contribution is 2.27. The number of carbonyl (C=O) groups excluding carboxylic acids is 1. The van der Waals surface area contributed by atoms with Crippen LogP contribution in [0, 0.1) is 0 Å². The van der Waals surface area contributed by atoms with Crippen LogP contribution < -0.4 is 5.32 Å². The van der Waals surface area contributed by atoms with Gasteiger partial charge in [-0.25, -0.2) is 4.79 Å². The molecule has 3 nitrogen and oxygen atoms in total. The number of nitrogens with one attached hydrogen (secondary N) is 1. The van der Waals surface area contributed by atoms with Gasteiger partial charge in [0.1, 0.15) is 0 Å². The third-order valence-corrected chi connectivity index (χ3v) is 4.97. The fraction of sp³-hybridized carbons (Fsp3) is 0.353. The van der Waals surface area contributed by atoms with E-state index >= 15 is 0 Å². The van der Waals surface area contributed by atoms with Crippen LogP contribution in [0.15, 0.2) is 41.8 Å². The van der Waals surface area contributed by atoms with E-state index in [1.54, 1.807) is 11.3 Å². The minimum absolute atomic E-state index is 0.0361. The summed E-state index contributed by atoms with van der Waals surface area (Å²) in [5.74, 6) is 0. The SMILES string of the molecule is O=C(NCc1ccc(Cl)cc1)N(CCc1cccs1)C1CC1. The molecule has 1 aliphatic carbocycles. The molecule has 2 aromatic rings. The van der Waals surface area contributed by atoms with E-state index in [9.17, 15) is 4.79 Å². The van der Waals surface area contributed by atoms with E-state index in [4.69, 9.17) is 11.6 Å². The summed E-state index contributed by atoms with van der Waals surface area (Å²) in [7, 11) is 0. The third-order valence-electron chi connectivity index (χ3n) is 3.78. The number of benzene rings is 1. The highest BCUT2D eigenvalue weighted by Gasteiger charge is 2.32. The number of hydrogen-bond donors (Lipinski definition) is 1. The average Bonchev–Trinajstić information content (AvgIpc) is 3.22. The number of hydrogen-bond acceptors (Lipinski definition) is 2. The van der Waals surface area contributed by atoms with E-state index in [1.807, 2.05) is 29.2 Å². The molecule has 0 unspecified atom stereocenters. The van der Waals surface area contributed by atoms with Crippen LogP contribution in [-0.4, -0.2) is 23.5 Å². The molecular formula is C17H19ClN2OS. The third kappa shape index (κ3) is 4.24. The molecule has 1 aromatic carbocycles. The molecule has 1 aromatic heterocycles.